The summed E-state index contributed by atoms with van der Waals surface area (Å²) >= 11 is 0. The minimum atomic E-state index is -0.641. The molecule has 2 aromatic rings. The van der Waals surface area contributed by atoms with Crippen molar-refractivity contribution in [1.29, 1.82) is 0 Å². The third-order valence-corrected chi connectivity index (χ3v) is 4.42. The highest BCUT2D eigenvalue weighted by Gasteiger charge is 2.30. The van der Waals surface area contributed by atoms with Crippen LogP contribution in [0.4, 0.5) is 4.39 Å². The molecule has 0 fully saturated rings. The van der Waals surface area contributed by atoms with Gasteiger partial charge in [0, 0.05) is 17.7 Å². The highest BCUT2D eigenvalue weighted by atomic mass is 19.1. The van der Waals surface area contributed by atoms with Crippen molar-refractivity contribution in [3.8, 4) is 5.75 Å². The van der Waals surface area contributed by atoms with E-state index in [4.69, 9.17) is 10.5 Å². The number of nitrogens with two attached hydrogens (primary N) is 1. The fourth-order valence-electron chi connectivity index (χ4n) is 2.87. The number of nitrogens with zero attached hydrogens (tertiary/aromatic N) is 1. The second-order valence-electron chi connectivity index (χ2n) is 6.03. The number of ether oxygens (including phenoxy) is 1. The van der Waals surface area contributed by atoms with E-state index in [-0.39, 0.29) is 18.3 Å². The van der Waals surface area contributed by atoms with Crippen LogP contribution in [0.1, 0.15) is 28.4 Å². The molecule has 1 unspecified atom stereocenters. The van der Waals surface area contributed by atoms with Crippen molar-refractivity contribution in [3.63, 3.8) is 0 Å². The molecule has 0 saturated heterocycles. The highest BCUT2D eigenvalue weighted by Crippen LogP contribution is 2.25. The molecular weight excluding hydrogens is 323 g/mol. The molecule has 2 N–H and O–H groups in total. The van der Waals surface area contributed by atoms with E-state index in [1.54, 1.807) is 43.3 Å². The summed E-state index contributed by atoms with van der Waals surface area (Å²) in [6.45, 7) is 2.16. The summed E-state index contributed by atoms with van der Waals surface area (Å²) in [5, 5.41) is 0. The average Bonchev–Trinajstić information content (AvgIpc) is 2.60. The number of benzene rings is 2. The molecule has 130 valence electrons. The number of halogens is 1. The smallest absolute Gasteiger partial charge is 0.254 e. The van der Waals surface area contributed by atoms with E-state index in [0.717, 1.165) is 5.56 Å². The van der Waals surface area contributed by atoms with Gasteiger partial charge in [-0.3, -0.25) is 9.59 Å². The summed E-state index contributed by atoms with van der Waals surface area (Å²) in [5.41, 5.74) is 7.16. The van der Waals surface area contributed by atoms with E-state index in [2.05, 4.69) is 0 Å². The molecule has 0 bridgehead atoms. The van der Waals surface area contributed by atoms with E-state index < -0.39 is 11.9 Å². The van der Waals surface area contributed by atoms with E-state index in [1.165, 1.54) is 11.0 Å². The van der Waals surface area contributed by atoms with E-state index in [9.17, 15) is 14.0 Å². The summed E-state index contributed by atoms with van der Waals surface area (Å²) in [5.74, 6) is -0.479. The molecule has 1 aliphatic rings. The van der Waals surface area contributed by atoms with Crippen LogP contribution in [0, 0.1) is 5.82 Å². The van der Waals surface area contributed by atoms with Gasteiger partial charge >= 0.3 is 0 Å². The van der Waals surface area contributed by atoms with Crippen molar-refractivity contribution >= 4 is 11.8 Å². The summed E-state index contributed by atoms with van der Waals surface area (Å²) in [4.78, 5) is 25.3. The van der Waals surface area contributed by atoms with Gasteiger partial charge in [0.05, 0.1) is 0 Å². The zero-order chi connectivity index (χ0) is 18.0. The van der Waals surface area contributed by atoms with Gasteiger partial charge in [-0.05, 0) is 43.2 Å². The molecule has 1 aliphatic heterocycles. The van der Waals surface area contributed by atoms with Crippen LogP contribution >= 0.6 is 0 Å². The van der Waals surface area contributed by atoms with Crippen molar-refractivity contribution in [1.82, 2.24) is 4.90 Å². The van der Waals surface area contributed by atoms with Gasteiger partial charge in [-0.2, -0.15) is 0 Å². The molecule has 1 atom stereocenters. The molecule has 25 heavy (non-hydrogen) atoms. The first-order valence-corrected chi connectivity index (χ1v) is 8.07. The first-order valence-electron chi connectivity index (χ1n) is 8.07. The van der Waals surface area contributed by atoms with Crippen LogP contribution in [-0.2, 0) is 17.8 Å². The van der Waals surface area contributed by atoms with Crippen molar-refractivity contribution in [3.05, 3.63) is 65.0 Å². The number of fused-ring (bicyclic) bond motifs is 1. The van der Waals surface area contributed by atoms with Gasteiger partial charge in [0.25, 0.3) is 5.91 Å². The van der Waals surface area contributed by atoms with Crippen molar-refractivity contribution in [2.45, 2.75) is 26.0 Å². The molecule has 2 amide bonds. The normalized spacial score (nSPS) is 14.8. The number of carbonyl (C=O) groups is 2. The van der Waals surface area contributed by atoms with Gasteiger partial charge in [-0.1, -0.05) is 18.2 Å². The monoisotopic (exact) mass is 342 g/mol. The third-order valence-electron chi connectivity index (χ3n) is 4.42. The SMILES string of the molecule is CC(C(N)=O)N1CCc2cc(OCc3ccccc3F)ccc2C1=O. The number of carbonyl (C=O) groups excluding carboxylic acids is 2. The summed E-state index contributed by atoms with van der Waals surface area (Å²) in [7, 11) is 0. The predicted octanol–water partition coefficient (Wildman–Crippen LogP) is 2.28. The molecule has 0 radical (unpaired) electrons. The molecule has 0 aromatic heterocycles. The van der Waals surface area contributed by atoms with Crippen LogP contribution in [0.3, 0.4) is 0 Å². The van der Waals surface area contributed by atoms with E-state index in [1.807, 2.05) is 0 Å². The van der Waals surface area contributed by atoms with Crippen LogP contribution in [0.15, 0.2) is 42.5 Å². The van der Waals surface area contributed by atoms with Crippen LogP contribution in [-0.4, -0.2) is 29.3 Å². The first-order chi connectivity index (χ1) is 12.0. The van der Waals surface area contributed by atoms with Gasteiger partial charge in [0.15, 0.2) is 0 Å². The lowest BCUT2D eigenvalue weighted by atomic mass is 9.97. The zero-order valence-electron chi connectivity index (χ0n) is 13.9. The lowest BCUT2D eigenvalue weighted by molar-refractivity contribution is -0.122. The Hall–Kier alpha value is -2.89. The van der Waals surface area contributed by atoms with Crippen molar-refractivity contribution in [2.75, 3.05) is 6.54 Å². The van der Waals surface area contributed by atoms with Gasteiger partial charge in [-0.25, -0.2) is 4.39 Å². The lowest BCUT2D eigenvalue weighted by Gasteiger charge is -2.32. The number of primary amides is 1. The third kappa shape index (κ3) is 3.47. The van der Waals surface area contributed by atoms with Crippen LogP contribution in [0.5, 0.6) is 5.75 Å². The molecular formula is C19H19FN2O3. The average molecular weight is 342 g/mol. The minimum absolute atomic E-state index is 0.115. The summed E-state index contributed by atoms with van der Waals surface area (Å²) in [6.07, 6.45) is 0.607. The Morgan fingerprint density at radius 2 is 2.08 bits per heavy atom. The molecule has 0 aliphatic carbocycles. The summed E-state index contributed by atoms with van der Waals surface area (Å²) < 4.78 is 19.3. The van der Waals surface area contributed by atoms with Gasteiger partial charge < -0.3 is 15.4 Å². The minimum Gasteiger partial charge on any atom is -0.489 e. The Morgan fingerprint density at radius 1 is 1.32 bits per heavy atom. The molecule has 0 spiro atoms. The molecule has 2 aromatic carbocycles. The fraction of sp³-hybridized carbons (Fsp3) is 0.263. The summed E-state index contributed by atoms with van der Waals surface area (Å²) in [6, 6.07) is 10.9. The number of hydrogen-bond donors (Lipinski definition) is 1. The largest absolute Gasteiger partial charge is 0.489 e. The molecule has 0 saturated carbocycles. The lowest BCUT2D eigenvalue weighted by Crippen LogP contribution is -2.49. The Morgan fingerprint density at radius 3 is 2.80 bits per heavy atom. The molecule has 3 rings (SSSR count). The zero-order valence-corrected chi connectivity index (χ0v) is 13.9. The Bertz CT molecular complexity index is 822. The number of amides is 2. The van der Waals surface area contributed by atoms with E-state index >= 15 is 0 Å². The van der Waals surface area contributed by atoms with Crippen molar-refractivity contribution in [2.24, 2.45) is 5.73 Å². The Labute approximate surface area is 145 Å². The topological polar surface area (TPSA) is 72.6 Å². The molecule has 5 nitrogen and oxygen atoms in total. The maximum Gasteiger partial charge on any atom is 0.254 e. The molecule has 6 heteroatoms. The fourth-order valence-corrected chi connectivity index (χ4v) is 2.87. The maximum atomic E-state index is 13.6. The number of rotatable bonds is 5. The first kappa shape index (κ1) is 17.0. The Balaban J connectivity index is 1.74. The van der Waals surface area contributed by atoms with Crippen LogP contribution < -0.4 is 10.5 Å². The predicted molar refractivity (Wildman–Crippen MR) is 90.6 cm³/mol. The van der Waals surface area contributed by atoms with Crippen LogP contribution in [0.25, 0.3) is 0 Å². The van der Waals surface area contributed by atoms with Gasteiger partial charge in [0.1, 0.15) is 24.2 Å². The van der Waals surface area contributed by atoms with E-state index in [0.29, 0.717) is 29.8 Å². The van der Waals surface area contributed by atoms with Gasteiger partial charge in [0.2, 0.25) is 5.91 Å². The van der Waals surface area contributed by atoms with Crippen molar-refractivity contribution < 1.29 is 18.7 Å². The molecule has 1 heterocycles. The van der Waals surface area contributed by atoms with Crippen LogP contribution in [0.2, 0.25) is 0 Å². The number of hydrogen-bond acceptors (Lipinski definition) is 3. The highest BCUT2D eigenvalue weighted by molar-refractivity contribution is 5.99. The maximum absolute atomic E-state index is 13.6. The quantitative estimate of drug-likeness (QED) is 0.906. The van der Waals surface area contributed by atoms with Gasteiger partial charge in [-0.15, -0.1) is 0 Å². The second-order valence-corrected chi connectivity index (χ2v) is 6.03. The second kappa shape index (κ2) is 6.93. The standard InChI is InChI=1S/C19H19FN2O3/c1-12(18(21)23)22-9-8-13-10-15(6-7-16(13)19(22)24)25-11-14-4-2-3-5-17(14)20/h2-7,10,12H,8-9,11H2,1H3,(H2,21,23). The Kier molecular flexibility index (Phi) is 4.70.